The van der Waals surface area contributed by atoms with E-state index in [1.54, 1.807) is 26.4 Å². The summed E-state index contributed by atoms with van der Waals surface area (Å²) in [5, 5.41) is 0.498. The highest BCUT2D eigenvalue weighted by molar-refractivity contribution is 5.82. The van der Waals surface area contributed by atoms with Crippen LogP contribution in [0.3, 0.4) is 0 Å². The lowest BCUT2D eigenvalue weighted by molar-refractivity contribution is 0.245. The van der Waals surface area contributed by atoms with Crippen LogP contribution in [0.1, 0.15) is 25.3 Å². The number of nitrogens with zero attached hydrogens (tertiary/aromatic N) is 2. The lowest BCUT2D eigenvalue weighted by Crippen LogP contribution is -2.41. The van der Waals surface area contributed by atoms with Gasteiger partial charge in [-0.3, -0.25) is 9.78 Å². The van der Waals surface area contributed by atoms with E-state index in [1.807, 2.05) is 0 Å². The molecule has 0 amide bonds. The standard InChI is InChI=1S/C23H27N3O3/c1-23(15-16-7-5-4-6-8-16)9-11-26(12-10-23)22-24-18-14-20(29-3)19(28-2)13-17(18)21(27)25-22/h4-8,13-14H,9-12,15H2,1-3H3,(H,24,25,27). The molecule has 2 aromatic carbocycles. The van der Waals surface area contributed by atoms with Crippen molar-refractivity contribution in [1.82, 2.24) is 9.97 Å². The molecule has 4 rings (SSSR count). The summed E-state index contributed by atoms with van der Waals surface area (Å²) in [6, 6.07) is 14.1. The molecule has 0 aliphatic carbocycles. The first-order chi connectivity index (χ1) is 14.0. The molecule has 0 atom stereocenters. The van der Waals surface area contributed by atoms with Gasteiger partial charge in [-0.1, -0.05) is 37.3 Å². The first-order valence-corrected chi connectivity index (χ1v) is 9.96. The number of aromatic amines is 1. The van der Waals surface area contributed by atoms with Crippen molar-refractivity contribution in [2.24, 2.45) is 5.41 Å². The third kappa shape index (κ3) is 3.92. The van der Waals surface area contributed by atoms with Gasteiger partial charge in [-0.05, 0) is 36.3 Å². The molecule has 1 N–H and O–H groups in total. The maximum absolute atomic E-state index is 12.7. The maximum atomic E-state index is 12.7. The molecule has 0 bridgehead atoms. The predicted molar refractivity (Wildman–Crippen MR) is 115 cm³/mol. The smallest absolute Gasteiger partial charge is 0.260 e. The van der Waals surface area contributed by atoms with Crippen molar-refractivity contribution in [3.63, 3.8) is 0 Å². The van der Waals surface area contributed by atoms with E-state index in [0.29, 0.717) is 28.4 Å². The van der Waals surface area contributed by atoms with E-state index in [9.17, 15) is 4.79 Å². The number of benzene rings is 2. The molecule has 1 saturated heterocycles. The average molecular weight is 393 g/mol. The van der Waals surface area contributed by atoms with Gasteiger partial charge < -0.3 is 14.4 Å². The number of rotatable bonds is 5. The van der Waals surface area contributed by atoms with Crippen LogP contribution in [0.25, 0.3) is 10.9 Å². The van der Waals surface area contributed by atoms with Crippen LogP contribution in [0.15, 0.2) is 47.3 Å². The largest absolute Gasteiger partial charge is 0.493 e. The molecule has 152 valence electrons. The number of hydrogen-bond acceptors (Lipinski definition) is 5. The monoisotopic (exact) mass is 393 g/mol. The minimum Gasteiger partial charge on any atom is -0.493 e. The highest BCUT2D eigenvalue weighted by atomic mass is 16.5. The number of H-pyrrole nitrogens is 1. The van der Waals surface area contributed by atoms with E-state index in [2.05, 4.69) is 47.1 Å². The molecule has 0 unspecified atom stereocenters. The summed E-state index contributed by atoms with van der Waals surface area (Å²) in [7, 11) is 3.13. The number of fused-ring (bicyclic) bond motifs is 1. The van der Waals surface area contributed by atoms with E-state index in [0.717, 1.165) is 32.4 Å². The maximum Gasteiger partial charge on any atom is 0.260 e. The summed E-state index contributed by atoms with van der Waals surface area (Å²) in [5.74, 6) is 1.71. The van der Waals surface area contributed by atoms with Crippen LogP contribution in [0.5, 0.6) is 11.5 Å². The number of hydrogen-bond donors (Lipinski definition) is 1. The summed E-state index contributed by atoms with van der Waals surface area (Å²) >= 11 is 0. The average Bonchev–Trinajstić information content (AvgIpc) is 2.73. The Bertz CT molecular complexity index is 1050. The molecule has 0 radical (unpaired) electrons. The topological polar surface area (TPSA) is 67.5 Å². The second kappa shape index (κ2) is 7.78. The first kappa shape index (κ1) is 19.3. The van der Waals surface area contributed by atoms with E-state index < -0.39 is 0 Å². The molecule has 1 fully saturated rings. The van der Waals surface area contributed by atoms with E-state index in [1.165, 1.54) is 5.56 Å². The quantitative estimate of drug-likeness (QED) is 0.714. The Balaban J connectivity index is 1.56. The molecule has 0 saturated carbocycles. The summed E-state index contributed by atoms with van der Waals surface area (Å²) in [5.41, 5.74) is 2.08. The van der Waals surface area contributed by atoms with Crippen molar-refractivity contribution in [2.45, 2.75) is 26.2 Å². The van der Waals surface area contributed by atoms with Gasteiger partial charge in [-0.15, -0.1) is 0 Å². The minimum absolute atomic E-state index is 0.163. The van der Waals surface area contributed by atoms with Gasteiger partial charge in [0.25, 0.3) is 5.56 Å². The number of piperidine rings is 1. The Morgan fingerprint density at radius 1 is 1.07 bits per heavy atom. The van der Waals surface area contributed by atoms with Gasteiger partial charge in [0.1, 0.15) is 0 Å². The van der Waals surface area contributed by atoms with Crippen molar-refractivity contribution >= 4 is 16.9 Å². The normalized spacial score (nSPS) is 16.0. The van der Waals surface area contributed by atoms with Crippen molar-refractivity contribution in [1.29, 1.82) is 0 Å². The Labute approximate surface area is 170 Å². The van der Waals surface area contributed by atoms with Crippen LogP contribution >= 0.6 is 0 Å². The van der Waals surface area contributed by atoms with Crippen LogP contribution in [0, 0.1) is 5.41 Å². The Morgan fingerprint density at radius 2 is 1.72 bits per heavy atom. The number of aromatic nitrogens is 2. The zero-order valence-electron chi connectivity index (χ0n) is 17.2. The highest BCUT2D eigenvalue weighted by Gasteiger charge is 2.31. The van der Waals surface area contributed by atoms with Gasteiger partial charge in [0.15, 0.2) is 11.5 Å². The van der Waals surface area contributed by atoms with Gasteiger partial charge in [0.2, 0.25) is 5.95 Å². The minimum atomic E-state index is -0.163. The number of methoxy groups -OCH3 is 2. The van der Waals surface area contributed by atoms with Crippen molar-refractivity contribution in [2.75, 3.05) is 32.2 Å². The fourth-order valence-corrected chi connectivity index (χ4v) is 4.13. The molecule has 3 aromatic rings. The third-order valence-corrected chi connectivity index (χ3v) is 5.94. The van der Waals surface area contributed by atoms with Gasteiger partial charge in [-0.25, -0.2) is 4.98 Å². The van der Waals surface area contributed by atoms with Gasteiger partial charge in [0, 0.05) is 19.2 Å². The van der Waals surface area contributed by atoms with Crippen LogP contribution in [0.4, 0.5) is 5.95 Å². The van der Waals surface area contributed by atoms with E-state index in [-0.39, 0.29) is 11.0 Å². The highest BCUT2D eigenvalue weighted by Crippen LogP contribution is 2.36. The van der Waals surface area contributed by atoms with E-state index in [4.69, 9.17) is 14.5 Å². The Hall–Kier alpha value is -3.02. The van der Waals surface area contributed by atoms with Crippen LogP contribution in [-0.2, 0) is 6.42 Å². The SMILES string of the molecule is COc1cc2nc(N3CCC(C)(Cc4ccccc4)CC3)[nH]c(=O)c2cc1OC. The fraction of sp³-hybridized carbons (Fsp3) is 0.391. The molecule has 6 nitrogen and oxygen atoms in total. The summed E-state index contributed by atoms with van der Waals surface area (Å²) in [6.45, 7) is 4.08. The second-order valence-electron chi connectivity index (χ2n) is 8.07. The molecular formula is C23H27N3O3. The molecule has 29 heavy (non-hydrogen) atoms. The van der Waals surface area contributed by atoms with Crippen LogP contribution in [0.2, 0.25) is 0 Å². The molecule has 0 spiro atoms. The van der Waals surface area contributed by atoms with Crippen LogP contribution < -0.4 is 19.9 Å². The zero-order chi connectivity index (χ0) is 20.4. The van der Waals surface area contributed by atoms with Crippen LogP contribution in [-0.4, -0.2) is 37.3 Å². The fourth-order valence-electron chi connectivity index (χ4n) is 4.13. The lowest BCUT2D eigenvalue weighted by Gasteiger charge is -2.39. The molecular weight excluding hydrogens is 366 g/mol. The number of nitrogens with one attached hydrogen (secondary N) is 1. The zero-order valence-corrected chi connectivity index (χ0v) is 17.2. The molecule has 1 aliphatic rings. The molecule has 1 aromatic heterocycles. The molecule has 6 heteroatoms. The van der Waals surface area contributed by atoms with Gasteiger partial charge in [0.05, 0.1) is 25.1 Å². The summed E-state index contributed by atoms with van der Waals surface area (Å²) in [6.07, 6.45) is 3.17. The predicted octanol–water partition coefficient (Wildman–Crippen LogP) is 3.79. The van der Waals surface area contributed by atoms with Gasteiger partial charge in [-0.2, -0.15) is 0 Å². The molecule has 1 aliphatic heterocycles. The summed E-state index contributed by atoms with van der Waals surface area (Å²) < 4.78 is 10.7. The molecule has 2 heterocycles. The van der Waals surface area contributed by atoms with Crippen molar-refractivity contribution in [3.05, 3.63) is 58.4 Å². The van der Waals surface area contributed by atoms with Gasteiger partial charge >= 0.3 is 0 Å². The third-order valence-electron chi connectivity index (χ3n) is 5.94. The second-order valence-corrected chi connectivity index (χ2v) is 8.07. The number of anilines is 1. The number of ether oxygens (including phenoxy) is 2. The van der Waals surface area contributed by atoms with Crippen molar-refractivity contribution in [3.8, 4) is 11.5 Å². The lowest BCUT2D eigenvalue weighted by atomic mass is 9.75. The van der Waals surface area contributed by atoms with Crippen molar-refractivity contribution < 1.29 is 9.47 Å². The summed E-state index contributed by atoms with van der Waals surface area (Å²) in [4.78, 5) is 22.5. The Morgan fingerprint density at radius 3 is 2.38 bits per heavy atom. The van der Waals surface area contributed by atoms with E-state index >= 15 is 0 Å². The Kier molecular flexibility index (Phi) is 5.18. The first-order valence-electron chi connectivity index (χ1n) is 9.96.